The molecular weight excluding hydrogens is 466 g/mol. The van der Waals surface area contributed by atoms with E-state index in [9.17, 15) is 19.2 Å². The monoisotopic (exact) mass is 503 g/mol. The number of fused-ring (bicyclic) bond motifs is 1. The van der Waals surface area contributed by atoms with Gasteiger partial charge in [-0.15, -0.1) is 0 Å². The van der Waals surface area contributed by atoms with Crippen molar-refractivity contribution in [1.82, 2.24) is 10.2 Å². The molecule has 1 aromatic carbocycles. The Bertz CT molecular complexity index is 957. The van der Waals surface area contributed by atoms with Crippen LogP contribution in [0.3, 0.4) is 0 Å². The molecule has 4 amide bonds. The Morgan fingerprint density at radius 1 is 1.03 bits per heavy atom. The second kappa shape index (κ2) is 12.9. The van der Waals surface area contributed by atoms with Gasteiger partial charge in [0.2, 0.25) is 17.7 Å². The standard InChI is InChI=1S/C26H37N3O7/c1-26(2,3)10-12-35-14-16-36-15-13-34-11-9-23(31)27-20-6-4-5-18-19(20)17-29(25(18)33)21-7-8-22(30)28-24(21)32/h4-6,21H,7-17H2,1-3H3,(H,27,31)(H,28,30,32). The minimum Gasteiger partial charge on any atom is -0.379 e. The number of piperidine rings is 1. The molecular formula is C26H37N3O7. The number of hydrogen-bond acceptors (Lipinski definition) is 7. The summed E-state index contributed by atoms with van der Waals surface area (Å²) < 4.78 is 16.5. The Kier molecular flexibility index (Phi) is 9.98. The maximum Gasteiger partial charge on any atom is 0.255 e. The number of hydrogen-bond donors (Lipinski definition) is 2. The van der Waals surface area contributed by atoms with Gasteiger partial charge in [-0.05, 0) is 30.4 Å². The number of anilines is 1. The number of benzene rings is 1. The van der Waals surface area contributed by atoms with Crippen molar-refractivity contribution in [2.75, 3.05) is 45.0 Å². The van der Waals surface area contributed by atoms with E-state index in [1.807, 2.05) is 0 Å². The van der Waals surface area contributed by atoms with E-state index >= 15 is 0 Å². The molecule has 1 atom stereocenters. The topological polar surface area (TPSA) is 123 Å². The summed E-state index contributed by atoms with van der Waals surface area (Å²) in [6.07, 6.45) is 1.64. The molecule has 2 N–H and O–H groups in total. The molecule has 0 saturated carbocycles. The van der Waals surface area contributed by atoms with E-state index in [-0.39, 0.29) is 55.6 Å². The van der Waals surface area contributed by atoms with Gasteiger partial charge in [-0.1, -0.05) is 26.8 Å². The van der Waals surface area contributed by atoms with Crippen LogP contribution in [-0.2, 0) is 35.1 Å². The highest BCUT2D eigenvalue weighted by Crippen LogP contribution is 2.32. The zero-order valence-corrected chi connectivity index (χ0v) is 21.4. The van der Waals surface area contributed by atoms with E-state index in [1.165, 1.54) is 4.90 Å². The van der Waals surface area contributed by atoms with Crippen molar-refractivity contribution >= 4 is 29.3 Å². The molecule has 10 nitrogen and oxygen atoms in total. The molecule has 198 valence electrons. The molecule has 36 heavy (non-hydrogen) atoms. The van der Waals surface area contributed by atoms with Crippen molar-refractivity contribution in [3.05, 3.63) is 29.3 Å². The highest BCUT2D eigenvalue weighted by molar-refractivity contribution is 6.06. The summed E-state index contributed by atoms with van der Waals surface area (Å²) in [7, 11) is 0. The zero-order chi connectivity index (χ0) is 26.1. The molecule has 2 heterocycles. The summed E-state index contributed by atoms with van der Waals surface area (Å²) in [5, 5.41) is 5.13. The minimum atomic E-state index is -0.697. The number of nitrogens with one attached hydrogen (secondary N) is 2. The predicted octanol–water partition coefficient (Wildman–Crippen LogP) is 2.26. The molecule has 0 spiro atoms. The number of nitrogens with zero attached hydrogens (tertiary/aromatic N) is 1. The van der Waals surface area contributed by atoms with Gasteiger partial charge in [0.15, 0.2) is 0 Å². The van der Waals surface area contributed by atoms with E-state index in [1.54, 1.807) is 18.2 Å². The molecule has 1 unspecified atom stereocenters. The van der Waals surface area contributed by atoms with Gasteiger partial charge in [0.1, 0.15) is 6.04 Å². The van der Waals surface area contributed by atoms with Crippen molar-refractivity contribution in [2.24, 2.45) is 5.41 Å². The lowest BCUT2D eigenvalue weighted by Crippen LogP contribution is -2.52. The molecule has 10 heteroatoms. The first-order chi connectivity index (χ1) is 17.2. The van der Waals surface area contributed by atoms with Crippen molar-refractivity contribution in [1.29, 1.82) is 0 Å². The molecule has 0 bridgehead atoms. The molecule has 0 aliphatic carbocycles. The van der Waals surface area contributed by atoms with Gasteiger partial charge >= 0.3 is 0 Å². The smallest absolute Gasteiger partial charge is 0.255 e. The number of carbonyl (C=O) groups excluding carboxylic acids is 4. The first-order valence-corrected chi connectivity index (χ1v) is 12.5. The lowest BCUT2D eigenvalue weighted by atomic mass is 9.93. The number of ether oxygens (including phenoxy) is 3. The zero-order valence-electron chi connectivity index (χ0n) is 21.4. The number of rotatable bonds is 13. The fraction of sp³-hybridized carbons (Fsp3) is 0.615. The van der Waals surface area contributed by atoms with Crippen LogP contribution >= 0.6 is 0 Å². The second-order valence-corrected chi connectivity index (χ2v) is 10.2. The lowest BCUT2D eigenvalue weighted by Gasteiger charge is -2.29. The highest BCUT2D eigenvalue weighted by Gasteiger charge is 2.39. The average molecular weight is 504 g/mol. The summed E-state index contributed by atoms with van der Waals surface area (Å²) in [5.41, 5.74) is 1.91. The van der Waals surface area contributed by atoms with Crippen LogP contribution in [0.2, 0.25) is 0 Å². The van der Waals surface area contributed by atoms with Gasteiger partial charge in [-0.3, -0.25) is 24.5 Å². The van der Waals surface area contributed by atoms with E-state index in [2.05, 4.69) is 31.4 Å². The van der Waals surface area contributed by atoms with Gasteiger partial charge < -0.3 is 24.4 Å². The summed E-state index contributed by atoms with van der Waals surface area (Å²) in [5.74, 6) is -1.31. The first kappa shape index (κ1) is 27.8. The van der Waals surface area contributed by atoms with Crippen molar-refractivity contribution in [2.45, 2.75) is 59.0 Å². The number of imide groups is 1. The Balaban J connectivity index is 1.34. The molecule has 0 radical (unpaired) electrons. The largest absolute Gasteiger partial charge is 0.379 e. The lowest BCUT2D eigenvalue weighted by molar-refractivity contribution is -0.137. The van der Waals surface area contributed by atoms with E-state index in [4.69, 9.17) is 14.2 Å². The number of carbonyl (C=O) groups is 4. The summed E-state index contributed by atoms with van der Waals surface area (Å²) >= 11 is 0. The van der Waals surface area contributed by atoms with Crippen LogP contribution in [0.25, 0.3) is 0 Å². The maximum atomic E-state index is 12.9. The number of amides is 4. The van der Waals surface area contributed by atoms with Crippen LogP contribution in [0.15, 0.2) is 18.2 Å². The highest BCUT2D eigenvalue weighted by atomic mass is 16.5. The predicted molar refractivity (Wildman–Crippen MR) is 132 cm³/mol. The third kappa shape index (κ3) is 8.11. The van der Waals surface area contributed by atoms with Gasteiger partial charge in [0, 0.05) is 36.4 Å². The second-order valence-electron chi connectivity index (χ2n) is 10.2. The van der Waals surface area contributed by atoms with Gasteiger partial charge in [-0.25, -0.2) is 0 Å². The van der Waals surface area contributed by atoms with Gasteiger partial charge in [0.25, 0.3) is 5.91 Å². The fourth-order valence-corrected chi connectivity index (χ4v) is 4.00. The molecule has 2 aliphatic rings. The maximum absolute atomic E-state index is 12.9. The summed E-state index contributed by atoms with van der Waals surface area (Å²) in [6.45, 7) is 9.54. The molecule has 1 aromatic rings. The first-order valence-electron chi connectivity index (χ1n) is 12.5. The van der Waals surface area contributed by atoms with Crippen LogP contribution in [-0.4, -0.2) is 74.2 Å². The van der Waals surface area contributed by atoms with Crippen molar-refractivity contribution < 1.29 is 33.4 Å². The molecule has 2 aliphatic heterocycles. The molecule has 1 fully saturated rings. The Labute approximate surface area is 212 Å². The molecule has 0 aromatic heterocycles. The van der Waals surface area contributed by atoms with E-state index in [0.29, 0.717) is 49.8 Å². The van der Waals surface area contributed by atoms with Crippen LogP contribution in [0.4, 0.5) is 5.69 Å². The van der Waals surface area contributed by atoms with Crippen LogP contribution in [0.1, 0.15) is 62.4 Å². The molecule has 3 rings (SSSR count). The normalized spacial score (nSPS) is 17.8. The van der Waals surface area contributed by atoms with Crippen LogP contribution in [0, 0.1) is 5.41 Å². The van der Waals surface area contributed by atoms with Gasteiger partial charge in [0.05, 0.1) is 39.5 Å². The SMILES string of the molecule is CC(C)(C)CCOCCOCCOCCC(=O)Nc1cccc2c1CN(C1CCC(=O)NC1=O)C2=O. The fourth-order valence-electron chi connectivity index (χ4n) is 4.00. The third-order valence-corrected chi connectivity index (χ3v) is 6.07. The average Bonchev–Trinajstić information content (AvgIpc) is 3.14. The van der Waals surface area contributed by atoms with Crippen LogP contribution in [0.5, 0.6) is 0 Å². The quantitative estimate of drug-likeness (QED) is 0.313. The van der Waals surface area contributed by atoms with Crippen molar-refractivity contribution in [3.63, 3.8) is 0 Å². The van der Waals surface area contributed by atoms with E-state index in [0.717, 1.165) is 6.42 Å². The molecule has 1 saturated heterocycles. The Hall–Kier alpha value is -2.82. The van der Waals surface area contributed by atoms with Gasteiger partial charge in [-0.2, -0.15) is 0 Å². The Morgan fingerprint density at radius 2 is 1.69 bits per heavy atom. The minimum absolute atomic E-state index is 0.157. The summed E-state index contributed by atoms with van der Waals surface area (Å²) in [4.78, 5) is 50.4. The van der Waals surface area contributed by atoms with Crippen molar-refractivity contribution in [3.8, 4) is 0 Å². The van der Waals surface area contributed by atoms with Crippen LogP contribution < -0.4 is 10.6 Å². The third-order valence-electron chi connectivity index (χ3n) is 6.07. The summed E-state index contributed by atoms with van der Waals surface area (Å²) in [6, 6.07) is 4.41. The van der Waals surface area contributed by atoms with E-state index < -0.39 is 11.9 Å². The Morgan fingerprint density at radius 3 is 2.36 bits per heavy atom.